The average Bonchev–Trinajstić information content (AvgIpc) is 2.86. The van der Waals surface area contributed by atoms with Crippen molar-refractivity contribution in [3.05, 3.63) is 82.6 Å². The molecule has 1 saturated heterocycles. The van der Waals surface area contributed by atoms with E-state index >= 15 is 0 Å². The van der Waals surface area contributed by atoms with Crippen LogP contribution in [0.5, 0.6) is 0 Å². The SMILES string of the molecule is O=C(Nc1ccc(S(=O)(=O)Nc2cccnc2)cc1)[C@H]1CCCN(S(=O)(=O)Cc2ccc(Cl)cc2Cl)C1. The van der Waals surface area contributed by atoms with Crippen LogP contribution in [0.25, 0.3) is 0 Å². The van der Waals surface area contributed by atoms with Crippen molar-refractivity contribution in [3.63, 3.8) is 0 Å². The summed E-state index contributed by atoms with van der Waals surface area (Å²) in [7, 11) is -7.54. The Hall–Kier alpha value is -2.70. The van der Waals surface area contributed by atoms with Crippen LogP contribution in [0.1, 0.15) is 18.4 Å². The van der Waals surface area contributed by atoms with E-state index in [4.69, 9.17) is 23.2 Å². The monoisotopic (exact) mass is 582 g/mol. The maximum absolute atomic E-state index is 13.0. The fourth-order valence-corrected chi connectivity index (χ4v) is 7.17. The summed E-state index contributed by atoms with van der Waals surface area (Å²) in [5, 5.41) is 3.44. The summed E-state index contributed by atoms with van der Waals surface area (Å²) in [6, 6.07) is 13.6. The van der Waals surface area contributed by atoms with E-state index in [1.54, 1.807) is 24.3 Å². The lowest BCUT2D eigenvalue weighted by atomic mass is 9.99. The predicted molar refractivity (Wildman–Crippen MR) is 143 cm³/mol. The third-order valence-corrected chi connectivity index (χ3v) is 9.63. The predicted octanol–water partition coefficient (Wildman–Crippen LogP) is 4.37. The number of rotatable bonds is 8. The number of amides is 1. The van der Waals surface area contributed by atoms with Gasteiger partial charge >= 0.3 is 0 Å². The van der Waals surface area contributed by atoms with Gasteiger partial charge in [0.25, 0.3) is 10.0 Å². The zero-order valence-electron chi connectivity index (χ0n) is 19.5. The summed E-state index contributed by atoms with van der Waals surface area (Å²) in [5.41, 5.74) is 1.17. The Kier molecular flexibility index (Phi) is 8.39. The van der Waals surface area contributed by atoms with Gasteiger partial charge < -0.3 is 5.32 Å². The smallest absolute Gasteiger partial charge is 0.261 e. The van der Waals surface area contributed by atoms with Crippen LogP contribution in [-0.4, -0.2) is 45.1 Å². The molecule has 0 aliphatic carbocycles. The number of hydrogen-bond acceptors (Lipinski definition) is 6. The summed E-state index contributed by atoms with van der Waals surface area (Å²) in [5.74, 6) is -1.19. The highest BCUT2D eigenvalue weighted by Gasteiger charge is 2.33. The number of aromatic nitrogens is 1. The Morgan fingerprint density at radius 3 is 2.46 bits per heavy atom. The minimum Gasteiger partial charge on any atom is -0.326 e. The van der Waals surface area contributed by atoms with E-state index in [0.717, 1.165) is 0 Å². The van der Waals surface area contributed by atoms with Crippen molar-refractivity contribution in [2.75, 3.05) is 23.1 Å². The van der Waals surface area contributed by atoms with Gasteiger partial charge in [-0.05, 0) is 66.9 Å². The van der Waals surface area contributed by atoms with Gasteiger partial charge in [-0.2, -0.15) is 0 Å². The molecule has 3 aromatic rings. The number of nitrogens with zero attached hydrogens (tertiary/aromatic N) is 2. The van der Waals surface area contributed by atoms with Gasteiger partial charge in [-0.25, -0.2) is 21.1 Å². The fourth-order valence-electron chi connectivity index (χ4n) is 3.93. The van der Waals surface area contributed by atoms with Crippen molar-refractivity contribution in [1.82, 2.24) is 9.29 Å². The number of hydrogen-bond donors (Lipinski definition) is 2. The first kappa shape index (κ1) is 27.3. The lowest BCUT2D eigenvalue weighted by molar-refractivity contribution is -0.120. The molecular weight excluding hydrogens is 559 g/mol. The van der Waals surface area contributed by atoms with Crippen molar-refractivity contribution >= 4 is 60.5 Å². The lowest BCUT2D eigenvalue weighted by Gasteiger charge is -2.31. The molecule has 1 aliphatic rings. The van der Waals surface area contributed by atoms with E-state index < -0.39 is 26.0 Å². The van der Waals surface area contributed by atoms with Crippen LogP contribution in [0.3, 0.4) is 0 Å². The maximum atomic E-state index is 13.0. The van der Waals surface area contributed by atoms with Gasteiger partial charge in [0.05, 0.1) is 28.5 Å². The summed E-state index contributed by atoms with van der Waals surface area (Å²) >= 11 is 12.0. The van der Waals surface area contributed by atoms with Gasteiger partial charge in [0.2, 0.25) is 15.9 Å². The van der Waals surface area contributed by atoms with Gasteiger partial charge in [0.1, 0.15) is 0 Å². The van der Waals surface area contributed by atoms with Crippen molar-refractivity contribution in [2.45, 2.75) is 23.5 Å². The van der Waals surface area contributed by atoms with Crippen LogP contribution in [0.4, 0.5) is 11.4 Å². The van der Waals surface area contributed by atoms with Gasteiger partial charge in [0, 0.05) is 35.0 Å². The van der Waals surface area contributed by atoms with E-state index in [1.165, 1.54) is 47.0 Å². The van der Waals surface area contributed by atoms with Crippen molar-refractivity contribution in [1.29, 1.82) is 0 Å². The molecule has 196 valence electrons. The van der Waals surface area contributed by atoms with Crippen LogP contribution >= 0.6 is 23.2 Å². The summed E-state index contributed by atoms with van der Waals surface area (Å²) in [6.07, 6.45) is 3.99. The molecule has 0 unspecified atom stereocenters. The van der Waals surface area contributed by atoms with E-state index in [1.807, 2.05) is 0 Å². The molecule has 0 radical (unpaired) electrons. The number of sulfonamides is 2. The molecule has 1 aliphatic heterocycles. The topological polar surface area (TPSA) is 126 Å². The van der Waals surface area contributed by atoms with Crippen molar-refractivity contribution < 1.29 is 21.6 Å². The zero-order chi connectivity index (χ0) is 26.6. The molecule has 2 aromatic carbocycles. The molecule has 1 atom stereocenters. The number of nitrogens with one attached hydrogen (secondary N) is 2. The summed E-state index contributed by atoms with van der Waals surface area (Å²) in [4.78, 5) is 16.8. The zero-order valence-corrected chi connectivity index (χ0v) is 22.6. The summed E-state index contributed by atoms with van der Waals surface area (Å²) < 4.78 is 54.9. The number of benzene rings is 2. The highest BCUT2D eigenvalue weighted by molar-refractivity contribution is 7.92. The number of pyridine rings is 1. The second-order valence-electron chi connectivity index (χ2n) is 8.55. The van der Waals surface area contributed by atoms with Gasteiger partial charge in [-0.1, -0.05) is 29.3 Å². The molecular formula is C24H24Cl2N4O5S2. The molecule has 13 heteroatoms. The first-order valence-corrected chi connectivity index (χ1v) is 15.1. The molecule has 0 saturated carbocycles. The first-order valence-electron chi connectivity index (χ1n) is 11.3. The molecule has 0 bridgehead atoms. The Balaban J connectivity index is 1.38. The number of anilines is 2. The average molecular weight is 584 g/mol. The van der Waals surface area contributed by atoms with E-state index in [0.29, 0.717) is 41.3 Å². The molecule has 4 rings (SSSR count). The Morgan fingerprint density at radius 2 is 1.78 bits per heavy atom. The van der Waals surface area contributed by atoms with Crippen LogP contribution in [0, 0.1) is 5.92 Å². The third kappa shape index (κ3) is 6.99. The molecule has 1 fully saturated rings. The third-order valence-electron chi connectivity index (χ3n) is 5.85. The molecule has 1 amide bonds. The second kappa shape index (κ2) is 11.4. The molecule has 9 nitrogen and oxygen atoms in total. The van der Waals surface area contributed by atoms with Crippen molar-refractivity contribution in [3.8, 4) is 0 Å². The van der Waals surface area contributed by atoms with E-state index in [9.17, 15) is 21.6 Å². The van der Waals surface area contributed by atoms with Crippen molar-refractivity contribution in [2.24, 2.45) is 5.92 Å². The second-order valence-corrected chi connectivity index (χ2v) is 13.0. The largest absolute Gasteiger partial charge is 0.326 e. The maximum Gasteiger partial charge on any atom is 0.261 e. The minimum absolute atomic E-state index is 0.0187. The number of halogens is 2. The van der Waals surface area contributed by atoms with Gasteiger partial charge in [-0.15, -0.1) is 0 Å². The van der Waals surface area contributed by atoms with E-state index in [-0.39, 0.29) is 28.1 Å². The Bertz CT molecular complexity index is 1490. The van der Waals surface area contributed by atoms with E-state index in [2.05, 4.69) is 15.0 Å². The summed E-state index contributed by atoms with van der Waals surface area (Å²) in [6.45, 7) is 0.356. The minimum atomic E-state index is -3.83. The molecule has 0 spiro atoms. The standard InChI is InChI=1S/C24H24Cl2N4O5S2/c25-19-6-5-18(23(26)13-19)16-36(32,33)30-12-2-3-17(15-30)24(31)28-20-7-9-22(10-8-20)37(34,35)29-21-4-1-11-27-14-21/h1,4-11,13-14,17,29H,2-3,12,15-16H2,(H,28,31)/t17-/m0/s1. The van der Waals surface area contributed by atoms with Crippen LogP contribution < -0.4 is 10.0 Å². The molecule has 1 aromatic heterocycles. The number of piperidine rings is 1. The van der Waals surface area contributed by atoms with Gasteiger partial charge in [-0.3, -0.25) is 14.5 Å². The number of carbonyl (C=O) groups excluding carboxylic acids is 1. The number of carbonyl (C=O) groups is 1. The Morgan fingerprint density at radius 1 is 1.03 bits per heavy atom. The normalized spacial score (nSPS) is 16.8. The highest BCUT2D eigenvalue weighted by Crippen LogP contribution is 2.27. The van der Waals surface area contributed by atoms with Crippen LogP contribution in [-0.2, 0) is 30.6 Å². The molecule has 37 heavy (non-hydrogen) atoms. The van der Waals surface area contributed by atoms with Crippen LogP contribution in [0.2, 0.25) is 10.0 Å². The first-order chi connectivity index (χ1) is 17.5. The highest BCUT2D eigenvalue weighted by atomic mass is 35.5. The lowest BCUT2D eigenvalue weighted by Crippen LogP contribution is -2.44. The molecule has 2 heterocycles. The quantitative estimate of drug-likeness (QED) is 0.406. The van der Waals surface area contributed by atoms with Gasteiger partial charge in [0.15, 0.2) is 0 Å². The Labute approximate surface area is 225 Å². The van der Waals surface area contributed by atoms with Crippen LogP contribution in [0.15, 0.2) is 71.9 Å². The fraction of sp³-hybridized carbons (Fsp3) is 0.250. The molecule has 2 N–H and O–H groups in total.